The van der Waals surface area contributed by atoms with Gasteiger partial charge in [0, 0.05) is 48.6 Å². The molecule has 15 heteroatoms. The van der Waals surface area contributed by atoms with E-state index < -0.39 is 39.5 Å². The van der Waals surface area contributed by atoms with Gasteiger partial charge in [-0.05, 0) is 25.1 Å². The molecule has 0 amide bonds. The lowest BCUT2D eigenvalue weighted by molar-refractivity contribution is -0.385. The first kappa shape index (κ1) is 30.1. The molecule has 2 aromatic carbocycles. The molecule has 5 aromatic rings. The number of hydrogen-bond donors (Lipinski definition) is 3. The molecule has 0 aliphatic carbocycles. The number of nitro benzene ring substituents is 1. The van der Waals surface area contributed by atoms with Crippen molar-refractivity contribution >= 4 is 43.5 Å². The summed E-state index contributed by atoms with van der Waals surface area (Å²) in [5.41, 5.74) is 8.37. The van der Waals surface area contributed by atoms with E-state index in [1.54, 1.807) is 12.4 Å². The van der Waals surface area contributed by atoms with Gasteiger partial charge in [0.05, 0.1) is 26.3 Å². The van der Waals surface area contributed by atoms with E-state index in [0.29, 0.717) is 22.1 Å². The van der Waals surface area contributed by atoms with Crippen molar-refractivity contribution in [3.63, 3.8) is 0 Å². The molecular weight excluding hydrogens is 602 g/mol. The molecule has 45 heavy (non-hydrogen) atoms. The van der Waals surface area contributed by atoms with Gasteiger partial charge in [0.25, 0.3) is 5.69 Å². The van der Waals surface area contributed by atoms with Crippen LogP contribution in [0.25, 0.3) is 21.9 Å². The van der Waals surface area contributed by atoms with Gasteiger partial charge in [0.1, 0.15) is 36.1 Å². The number of para-hydroxylation sites is 1. The predicted molar refractivity (Wildman–Crippen MR) is 163 cm³/mol. The zero-order valence-corrected chi connectivity index (χ0v) is 24.8. The molecule has 1 aliphatic rings. The molecule has 0 radical (unpaired) electrons. The van der Waals surface area contributed by atoms with Crippen LogP contribution in [-0.4, -0.2) is 79.3 Å². The van der Waals surface area contributed by atoms with Crippen LogP contribution < -0.4 is 5.73 Å². The maximum Gasteiger partial charge on any atom is 0.273 e. The number of aromatic nitrogens is 4. The highest BCUT2D eigenvalue weighted by atomic mass is 32.2. The smallest absolute Gasteiger partial charge is 0.273 e. The minimum Gasteiger partial charge on any atom is -0.387 e. The molecule has 6 rings (SSSR count). The van der Waals surface area contributed by atoms with Gasteiger partial charge >= 0.3 is 0 Å². The minimum atomic E-state index is -4.22. The van der Waals surface area contributed by atoms with Gasteiger partial charge in [-0.3, -0.25) is 15.1 Å². The molecule has 0 bridgehead atoms. The monoisotopic (exact) mass is 629 g/mol. The molecule has 4 N–H and O–H groups in total. The van der Waals surface area contributed by atoms with Gasteiger partial charge in [-0.25, -0.2) is 18.4 Å². The molecule has 1 saturated heterocycles. The van der Waals surface area contributed by atoms with Gasteiger partial charge in [-0.2, -0.15) is 4.31 Å². The maximum absolute atomic E-state index is 13.3. The molecule has 4 heterocycles. The number of hydrogen-bond acceptors (Lipinski definition) is 11. The normalized spacial score (nSPS) is 20.0. The van der Waals surface area contributed by atoms with E-state index in [1.165, 1.54) is 37.0 Å². The van der Waals surface area contributed by atoms with Crippen molar-refractivity contribution in [2.45, 2.75) is 36.4 Å². The lowest BCUT2D eigenvalue weighted by Gasteiger charge is -2.22. The van der Waals surface area contributed by atoms with Crippen LogP contribution in [0.5, 0.6) is 0 Å². The lowest BCUT2D eigenvalue weighted by Crippen LogP contribution is -2.40. The van der Waals surface area contributed by atoms with Crippen LogP contribution >= 0.6 is 0 Å². The fourth-order valence-corrected chi connectivity index (χ4v) is 6.47. The molecule has 0 saturated carbocycles. The molecule has 0 spiro atoms. The number of benzene rings is 2. The largest absolute Gasteiger partial charge is 0.387 e. The Morgan fingerprint density at radius 2 is 1.89 bits per heavy atom. The van der Waals surface area contributed by atoms with Crippen LogP contribution in [0.4, 0.5) is 11.5 Å². The number of ether oxygens (including phenoxy) is 1. The number of rotatable bonds is 6. The van der Waals surface area contributed by atoms with Gasteiger partial charge in [-0.1, -0.05) is 36.1 Å². The summed E-state index contributed by atoms with van der Waals surface area (Å²) in [4.78, 5) is 23.2. The lowest BCUT2D eigenvalue weighted by atomic mass is 10.1. The second-order valence-corrected chi connectivity index (χ2v) is 12.7. The number of fused-ring (bicyclic) bond motifs is 2. The second-order valence-electron chi connectivity index (χ2n) is 10.6. The Morgan fingerprint density at radius 1 is 1.11 bits per heavy atom. The highest BCUT2D eigenvalue weighted by molar-refractivity contribution is 7.89. The summed E-state index contributed by atoms with van der Waals surface area (Å²) in [6.45, 7) is 1.14. The minimum absolute atomic E-state index is 0.141. The van der Waals surface area contributed by atoms with Gasteiger partial charge in [0.15, 0.2) is 6.23 Å². The van der Waals surface area contributed by atoms with Gasteiger partial charge in [-0.15, -0.1) is 0 Å². The highest BCUT2D eigenvalue weighted by Crippen LogP contribution is 2.35. The summed E-state index contributed by atoms with van der Waals surface area (Å²) in [5, 5.41) is 34.6. The number of anilines is 1. The zero-order chi connectivity index (χ0) is 32.0. The van der Waals surface area contributed by atoms with Crippen LogP contribution in [0.2, 0.25) is 0 Å². The number of aryl methyl sites for hydroxylation is 1. The number of aliphatic hydroxyl groups is 2. The molecule has 3 aromatic heterocycles. The Kier molecular flexibility index (Phi) is 7.69. The van der Waals surface area contributed by atoms with Crippen LogP contribution in [0, 0.1) is 28.9 Å². The maximum atomic E-state index is 13.3. The summed E-state index contributed by atoms with van der Waals surface area (Å²) < 4.78 is 34.9. The number of nitrogens with two attached hydrogens (primary N) is 1. The second kappa shape index (κ2) is 11.5. The molecule has 230 valence electrons. The molecule has 1 aliphatic heterocycles. The summed E-state index contributed by atoms with van der Waals surface area (Å²) >= 11 is 0. The average molecular weight is 630 g/mol. The van der Waals surface area contributed by atoms with Crippen LogP contribution in [0.15, 0.2) is 72.1 Å². The molecule has 0 unspecified atom stereocenters. The van der Waals surface area contributed by atoms with Crippen LogP contribution in [0.3, 0.4) is 0 Å². The predicted octanol–water partition coefficient (Wildman–Crippen LogP) is 2.12. The number of aliphatic hydroxyl groups excluding tert-OH is 2. The van der Waals surface area contributed by atoms with Crippen molar-refractivity contribution in [1.29, 1.82) is 0 Å². The van der Waals surface area contributed by atoms with Gasteiger partial charge in [0.2, 0.25) is 10.0 Å². The SMILES string of the molecule is Cc1ccc(S(=O)(=O)N(C)C[C@H]2O[C@@H](n3cc(C#Cc4cnc5ccccc5c4)c4c(N)ncnc43)[C@H](O)[C@@H]2O)cc1[N+](=O)[O-]. The Hall–Kier alpha value is -4.98. The Balaban J connectivity index is 1.29. The van der Waals surface area contributed by atoms with E-state index in [-0.39, 0.29) is 28.6 Å². The quantitative estimate of drug-likeness (QED) is 0.141. The van der Waals surface area contributed by atoms with E-state index in [0.717, 1.165) is 21.3 Å². The number of nitrogen functional groups attached to an aromatic ring is 1. The first-order valence-electron chi connectivity index (χ1n) is 13.7. The van der Waals surface area contributed by atoms with Crippen molar-refractivity contribution in [2.24, 2.45) is 0 Å². The van der Waals surface area contributed by atoms with E-state index in [1.807, 2.05) is 30.3 Å². The third kappa shape index (κ3) is 5.45. The highest BCUT2D eigenvalue weighted by Gasteiger charge is 2.45. The molecule has 14 nitrogen and oxygen atoms in total. The Bertz CT molecular complexity index is 2140. The van der Waals surface area contributed by atoms with E-state index in [9.17, 15) is 28.7 Å². The molecule has 4 atom stereocenters. The van der Waals surface area contributed by atoms with Crippen molar-refractivity contribution in [2.75, 3.05) is 19.3 Å². The molecule has 1 fully saturated rings. The van der Waals surface area contributed by atoms with Gasteiger partial charge < -0.3 is 25.3 Å². The Morgan fingerprint density at radius 3 is 2.67 bits per heavy atom. The third-order valence-electron chi connectivity index (χ3n) is 7.70. The summed E-state index contributed by atoms with van der Waals surface area (Å²) in [6, 6.07) is 13.1. The van der Waals surface area contributed by atoms with Crippen molar-refractivity contribution < 1.29 is 28.3 Å². The van der Waals surface area contributed by atoms with Crippen molar-refractivity contribution in [1.82, 2.24) is 23.8 Å². The first-order chi connectivity index (χ1) is 21.5. The number of sulfonamides is 1. The third-order valence-corrected chi connectivity index (χ3v) is 9.52. The number of nitro groups is 1. The fraction of sp³-hybridized carbons (Fsp3) is 0.233. The van der Waals surface area contributed by atoms with E-state index in [4.69, 9.17) is 10.5 Å². The molecular formula is C30H27N7O7S. The van der Waals surface area contributed by atoms with Crippen molar-refractivity contribution in [3.05, 3.63) is 94.1 Å². The summed E-state index contributed by atoms with van der Waals surface area (Å²) in [7, 11) is -2.96. The fourth-order valence-electron chi connectivity index (χ4n) is 5.26. The summed E-state index contributed by atoms with van der Waals surface area (Å²) in [6.07, 6.45) is -0.852. The van der Waals surface area contributed by atoms with E-state index >= 15 is 0 Å². The zero-order valence-electron chi connectivity index (χ0n) is 24.0. The number of likely N-dealkylation sites (N-methyl/N-ethyl adjacent to an activating group) is 1. The summed E-state index contributed by atoms with van der Waals surface area (Å²) in [5.74, 6) is 6.28. The topological polar surface area (TPSA) is 200 Å². The van der Waals surface area contributed by atoms with Crippen LogP contribution in [0.1, 0.15) is 22.9 Å². The van der Waals surface area contributed by atoms with E-state index in [2.05, 4.69) is 26.8 Å². The standard InChI is InChI=1S/C30H27N7O7S/c1-17-7-10-21(12-23(17)37(40)41)45(42,43)35(2)15-24-26(38)27(39)30(44-24)36-14-20(25-28(31)33-16-34-29(25)36)9-8-18-11-19-5-3-4-6-22(19)32-13-18/h3-7,10-14,16,24,26-27,30,38-39H,15H2,1-2H3,(H2,31,33,34)/t24-,26-,27-,30-/m1/s1. The number of pyridine rings is 1. The Labute approximate surface area is 256 Å². The number of nitrogens with zero attached hydrogens (tertiary/aromatic N) is 6. The average Bonchev–Trinajstić information content (AvgIpc) is 3.53. The van der Waals surface area contributed by atoms with Crippen molar-refractivity contribution in [3.8, 4) is 11.8 Å². The van der Waals surface area contributed by atoms with Crippen LogP contribution in [-0.2, 0) is 14.8 Å². The first-order valence-corrected chi connectivity index (χ1v) is 15.1.